The Morgan fingerprint density at radius 2 is 1.75 bits per heavy atom. The van der Waals surface area contributed by atoms with E-state index < -0.39 is 23.9 Å². The molecule has 0 atom stereocenters. The standard InChI is InChI=1S/C21H20N2O9/c1-11(24)31-18-16(28-2)8-12(9-17(18)29-3)7-14-19(25)23(21(27)22-14)10-13-5-6-15(32-13)20(26)30-4/h5-9H,10H2,1-4H3,(H,22,27)/b14-7-. The number of esters is 2. The number of benzene rings is 1. The Balaban J connectivity index is 1.86. The fourth-order valence-electron chi connectivity index (χ4n) is 2.94. The van der Waals surface area contributed by atoms with Gasteiger partial charge < -0.3 is 28.7 Å². The number of nitrogens with zero attached hydrogens (tertiary/aromatic N) is 1. The van der Waals surface area contributed by atoms with Crippen LogP contribution in [0.3, 0.4) is 0 Å². The third-order valence-corrected chi connectivity index (χ3v) is 4.36. The van der Waals surface area contributed by atoms with Crippen LogP contribution < -0.4 is 19.5 Å². The van der Waals surface area contributed by atoms with Crippen LogP contribution in [0.15, 0.2) is 34.4 Å². The third-order valence-electron chi connectivity index (χ3n) is 4.36. The van der Waals surface area contributed by atoms with Crippen LogP contribution in [-0.4, -0.2) is 50.1 Å². The first-order valence-corrected chi connectivity index (χ1v) is 9.23. The summed E-state index contributed by atoms with van der Waals surface area (Å²) in [5.74, 6) is -1.16. The van der Waals surface area contributed by atoms with Crippen LogP contribution in [0, 0.1) is 0 Å². The number of hydrogen-bond acceptors (Lipinski definition) is 9. The van der Waals surface area contributed by atoms with Crippen LogP contribution in [0.2, 0.25) is 0 Å². The summed E-state index contributed by atoms with van der Waals surface area (Å²) in [4.78, 5) is 48.9. The Bertz CT molecular complexity index is 1090. The van der Waals surface area contributed by atoms with Crippen molar-refractivity contribution in [1.82, 2.24) is 10.2 Å². The van der Waals surface area contributed by atoms with E-state index in [2.05, 4.69) is 10.1 Å². The van der Waals surface area contributed by atoms with Crippen LogP contribution in [0.5, 0.6) is 17.2 Å². The molecule has 0 saturated carbocycles. The minimum Gasteiger partial charge on any atom is -0.493 e. The molecule has 2 heterocycles. The molecule has 1 fully saturated rings. The molecule has 1 aromatic carbocycles. The number of nitrogens with one attached hydrogen (secondary N) is 1. The van der Waals surface area contributed by atoms with E-state index in [4.69, 9.17) is 18.6 Å². The van der Waals surface area contributed by atoms with Gasteiger partial charge in [0, 0.05) is 6.92 Å². The first-order valence-electron chi connectivity index (χ1n) is 9.23. The summed E-state index contributed by atoms with van der Waals surface area (Å²) in [5.41, 5.74) is 0.449. The molecule has 0 bridgehead atoms. The molecule has 2 aromatic rings. The fourth-order valence-corrected chi connectivity index (χ4v) is 2.94. The first-order chi connectivity index (χ1) is 15.3. The summed E-state index contributed by atoms with van der Waals surface area (Å²) in [6.07, 6.45) is 1.42. The highest BCUT2D eigenvalue weighted by atomic mass is 16.6. The average Bonchev–Trinajstić information content (AvgIpc) is 3.34. The van der Waals surface area contributed by atoms with Crippen LogP contribution in [0.1, 0.15) is 28.8 Å². The van der Waals surface area contributed by atoms with E-state index in [9.17, 15) is 19.2 Å². The SMILES string of the molecule is COC(=O)c1ccc(CN2C(=O)N/C(=C\c3cc(OC)c(OC(C)=O)c(OC)c3)C2=O)o1. The largest absolute Gasteiger partial charge is 0.493 e. The zero-order valence-corrected chi connectivity index (χ0v) is 17.7. The summed E-state index contributed by atoms with van der Waals surface area (Å²) in [6.45, 7) is 1.06. The first kappa shape index (κ1) is 22.4. The molecule has 0 radical (unpaired) electrons. The predicted octanol–water partition coefficient (Wildman–Crippen LogP) is 2.10. The van der Waals surface area contributed by atoms with Crippen molar-refractivity contribution in [2.24, 2.45) is 0 Å². The summed E-state index contributed by atoms with van der Waals surface area (Å²) in [7, 11) is 3.98. The molecule has 1 aliphatic rings. The molecule has 0 spiro atoms. The molecule has 0 unspecified atom stereocenters. The average molecular weight is 444 g/mol. The van der Waals surface area contributed by atoms with Gasteiger partial charge in [0.05, 0.1) is 27.9 Å². The zero-order chi connectivity index (χ0) is 23.4. The van der Waals surface area contributed by atoms with E-state index in [0.717, 1.165) is 4.90 Å². The quantitative estimate of drug-likeness (QED) is 0.295. The van der Waals surface area contributed by atoms with Crippen LogP contribution in [-0.2, 0) is 20.9 Å². The number of hydrogen-bond donors (Lipinski definition) is 1. The number of rotatable bonds is 7. The van der Waals surface area contributed by atoms with Crippen LogP contribution >= 0.6 is 0 Å². The number of ether oxygens (including phenoxy) is 4. The fraction of sp³-hybridized carbons (Fsp3) is 0.238. The van der Waals surface area contributed by atoms with E-state index in [1.165, 1.54) is 58.6 Å². The van der Waals surface area contributed by atoms with Gasteiger partial charge in [0.1, 0.15) is 11.5 Å². The highest BCUT2D eigenvalue weighted by Crippen LogP contribution is 2.39. The van der Waals surface area contributed by atoms with Gasteiger partial charge in [0.2, 0.25) is 11.5 Å². The minimum atomic E-state index is -0.672. The molecular formula is C21H20N2O9. The summed E-state index contributed by atoms with van der Waals surface area (Å²) < 4.78 is 25.5. The highest BCUT2D eigenvalue weighted by molar-refractivity contribution is 6.13. The van der Waals surface area contributed by atoms with Gasteiger partial charge in [-0.2, -0.15) is 0 Å². The monoisotopic (exact) mass is 444 g/mol. The molecular weight excluding hydrogens is 424 g/mol. The molecule has 0 aliphatic carbocycles. The predicted molar refractivity (Wildman–Crippen MR) is 108 cm³/mol. The summed E-state index contributed by atoms with van der Waals surface area (Å²) in [5, 5.41) is 2.48. The topological polar surface area (TPSA) is 134 Å². The lowest BCUT2D eigenvalue weighted by molar-refractivity contribution is -0.132. The Labute approximate surface area is 182 Å². The van der Waals surface area contributed by atoms with E-state index >= 15 is 0 Å². The third kappa shape index (κ3) is 4.56. The molecule has 1 saturated heterocycles. The van der Waals surface area contributed by atoms with Gasteiger partial charge in [0.15, 0.2) is 11.5 Å². The lowest BCUT2D eigenvalue weighted by Gasteiger charge is -2.13. The van der Waals surface area contributed by atoms with Gasteiger partial charge in [-0.05, 0) is 35.9 Å². The van der Waals surface area contributed by atoms with E-state index in [0.29, 0.717) is 5.56 Å². The number of urea groups is 1. The Morgan fingerprint density at radius 1 is 1.09 bits per heavy atom. The Hall–Kier alpha value is -4.28. The zero-order valence-electron chi connectivity index (χ0n) is 17.7. The molecule has 32 heavy (non-hydrogen) atoms. The van der Waals surface area contributed by atoms with Gasteiger partial charge in [-0.25, -0.2) is 9.59 Å². The van der Waals surface area contributed by atoms with E-state index in [-0.39, 0.29) is 41.0 Å². The summed E-state index contributed by atoms with van der Waals surface area (Å²) >= 11 is 0. The van der Waals surface area contributed by atoms with Crippen molar-refractivity contribution in [3.63, 3.8) is 0 Å². The molecule has 1 aliphatic heterocycles. The lowest BCUT2D eigenvalue weighted by Crippen LogP contribution is -2.30. The van der Waals surface area contributed by atoms with Gasteiger partial charge in [0.25, 0.3) is 5.91 Å². The van der Waals surface area contributed by atoms with E-state index in [1.807, 2.05) is 0 Å². The van der Waals surface area contributed by atoms with Crippen molar-refractivity contribution >= 4 is 30.0 Å². The number of amides is 3. The highest BCUT2D eigenvalue weighted by Gasteiger charge is 2.34. The van der Waals surface area contributed by atoms with E-state index in [1.54, 1.807) is 0 Å². The maximum atomic E-state index is 12.8. The smallest absolute Gasteiger partial charge is 0.373 e. The number of methoxy groups -OCH3 is 3. The normalized spacial score (nSPS) is 14.4. The summed E-state index contributed by atoms with van der Waals surface area (Å²) in [6, 6.07) is 5.24. The second-order valence-electron chi connectivity index (χ2n) is 6.49. The molecule has 11 nitrogen and oxygen atoms in total. The maximum absolute atomic E-state index is 12.8. The maximum Gasteiger partial charge on any atom is 0.373 e. The number of carbonyl (C=O) groups is 4. The number of imide groups is 1. The van der Waals surface area contributed by atoms with Gasteiger partial charge >= 0.3 is 18.0 Å². The van der Waals surface area contributed by atoms with Crippen LogP contribution in [0.4, 0.5) is 4.79 Å². The number of furan rings is 1. The molecule has 168 valence electrons. The Morgan fingerprint density at radius 3 is 2.31 bits per heavy atom. The molecule has 3 amide bonds. The van der Waals surface area contributed by atoms with Crippen molar-refractivity contribution < 1.29 is 42.5 Å². The second-order valence-corrected chi connectivity index (χ2v) is 6.49. The lowest BCUT2D eigenvalue weighted by atomic mass is 10.1. The van der Waals surface area contributed by atoms with Crippen LogP contribution in [0.25, 0.3) is 6.08 Å². The van der Waals surface area contributed by atoms with Gasteiger partial charge in [-0.15, -0.1) is 0 Å². The molecule has 1 aromatic heterocycles. The van der Waals surface area contributed by atoms with Crippen molar-refractivity contribution in [3.8, 4) is 17.2 Å². The molecule has 3 rings (SSSR count). The van der Waals surface area contributed by atoms with Gasteiger partial charge in [-0.3, -0.25) is 14.5 Å². The second kappa shape index (κ2) is 9.25. The molecule has 11 heteroatoms. The van der Waals surface area contributed by atoms with Crippen molar-refractivity contribution in [2.75, 3.05) is 21.3 Å². The number of carbonyl (C=O) groups excluding carboxylic acids is 4. The molecule has 1 N–H and O–H groups in total. The van der Waals surface area contributed by atoms with Gasteiger partial charge in [-0.1, -0.05) is 0 Å². The van der Waals surface area contributed by atoms with Crippen molar-refractivity contribution in [3.05, 3.63) is 47.0 Å². The van der Waals surface area contributed by atoms with Crippen molar-refractivity contribution in [1.29, 1.82) is 0 Å². The minimum absolute atomic E-state index is 0.000843. The van der Waals surface area contributed by atoms with Crippen molar-refractivity contribution in [2.45, 2.75) is 13.5 Å². The Kier molecular flexibility index (Phi) is 6.47.